The Bertz CT molecular complexity index is 371. The fourth-order valence-electron chi connectivity index (χ4n) is 3.27. The van der Waals surface area contributed by atoms with Gasteiger partial charge in [-0.05, 0) is 26.3 Å². The first-order chi connectivity index (χ1) is 10.2. The third-order valence-corrected chi connectivity index (χ3v) is 4.69. The van der Waals surface area contributed by atoms with E-state index in [2.05, 4.69) is 32.5 Å². The van der Waals surface area contributed by atoms with E-state index in [4.69, 9.17) is 4.74 Å². The van der Waals surface area contributed by atoms with E-state index in [9.17, 15) is 0 Å². The number of ether oxygens (including phenoxy) is 1. The summed E-state index contributed by atoms with van der Waals surface area (Å²) in [4.78, 5) is 9.28. The normalized spacial score (nSPS) is 32.4. The van der Waals surface area contributed by atoms with Crippen molar-refractivity contribution < 1.29 is 4.74 Å². The molecule has 0 aromatic rings. The first kappa shape index (κ1) is 15.1. The molecule has 2 atom stereocenters. The highest BCUT2D eigenvalue weighted by Crippen LogP contribution is 2.29. The Morgan fingerprint density at radius 2 is 2.10 bits per heavy atom. The van der Waals surface area contributed by atoms with Crippen LogP contribution in [0.15, 0.2) is 4.99 Å². The van der Waals surface area contributed by atoms with Gasteiger partial charge in [0.2, 0.25) is 0 Å². The largest absolute Gasteiger partial charge is 0.374 e. The Kier molecular flexibility index (Phi) is 4.98. The van der Waals surface area contributed by atoms with Crippen molar-refractivity contribution in [1.82, 2.24) is 20.4 Å². The Morgan fingerprint density at radius 1 is 1.24 bits per heavy atom. The Morgan fingerprint density at radius 3 is 2.81 bits per heavy atom. The molecule has 2 aliphatic heterocycles. The predicted molar refractivity (Wildman–Crippen MR) is 84.7 cm³/mol. The maximum absolute atomic E-state index is 5.77. The van der Waals surface area contributed by atoms with Gasteiger partial charge in [-0.2, -0.15) is 0 Å². The molecule has 0 aromatic heterocycles. The zero-order chi connectivity index (χ0) is 14.7. The van der Waals surface area contributed by atoms with E-state index in [0.29, 0.717) is 6.04 Å². The maximum Gasteiger partial charge on any atom is 0.191 e. The smallest absolute Gasteiger partial charge is 0.191 e. The number of likely N-dealkylation sites (tertiary alicyclic amines) is 1. The summed E-state index contributed by atoms with van der Waals surface area (Å²) in [6, 6.07) is 1.41. The van der Waals surface area contributed by atoms with E-state index < -0.39 is 0 Å². The lowest BCUT2D eigenvalue weighted by molar-refractivity contribution is -0.0161. The van der Waals surface area contributed by atoms with Crippen LogP contribution in [0, 0.1) is 0 Å². The van der Waals surface area contributed by atoms with Crippen LogP contribution in [0.4, 0.5) is 0 Å². The molecule has 6 heteroatoms. The van der Waals surface area contributed by atoms with Gasteiger partial charge in [0.25, 0.3) is 0 Å². The van der Waals surface area contributed by atoms with Gasteiger partial charge in [-0.3, -0.25) is 9.89 Å². The van der Waals surface area contributed by atoms with Gasteiger partial charge in [0.1, 0.15) is 0 Å². The highest BCUT2D eigenvalue weighted by atomic mass is 16.5. The van der Waals surface area contributed by atoms with E-state index >= 15 is 0 Å². The van der Waals surface area contributed by atoms with E-state index in [1.54, 1.807) is 0 Å². The topological polar surface area (TPSA) is 52.1 Å². The Balaban J connectivity index is 1.39. The summed E-state index contributed by atoms with van der Waals surface area (Å²) >= 11 is 0. The molecule has 6 nitrogen and oxygen atoms in total. The molecule has 21 heavy (non-hydrogen) atoms. The summed E-state index contributed by atoms with van der Waals surface area (Å²) < 4.78 is 5.77. The number of likely N-dealkylation sites (N-methyl/N-ethyl adjacent to an activating group) is 1. The molecule has 3 aliphatic rings. The van der Waals surface area contributed by atoms with E-state index in [1.165, 1.54) is 25.8 Å². The zero-order valence-corrected chi connectivity index (χ0v) is 13.3. The second-order valence-corrected chi connectivity index (χ2v) is 6.56. The van der Waals surface area contributed by atoms with Crippen molar-refractivity contribution in [2.75, 3.05) is 53.4 Å². The van der Waals surface area contributed by atoms with Crippen molar-refractivity contribution in [2.45, 2.75) is 37.5 Å². The van der Waals surface area contributed by atoms with Crippen LogP contribution in [0.1, 0.15) is 19.3 Å². The molecule has 2 N–H and O–H groups in total. The molecular weight excluding hydrogens is 266 g/mol. The molecule has 2 saturated heterocycles. The number of morpholine rings is 1. The first-order valence-corrected chi connectivity index (χ1v) is 8.26. The lowest BCUT2D eigenvalue weighted by Crippen LogP contribution is -2.50. The van der Waals surface area contributed by atoms with Gasteiger partial charge < -0.3 is 20.3 Å². The molecule has 1 aliphatic carbocycles. The molecule has 0 amide bonds. The summed E-state index contributed by atoms with van der Waals surface area (Å²) in [6.07, 6.45) is 4.27. The zero-order valence-electron chi connectivity index (χ0n) is 13.3. The fraction of sp³-hybridized carbons (Fsp3) is 0.933. The SMILES string of the molecule is CN=C(NCC1CN(C)CCO1)NC1CCN(C2CC2)C1. The standard InChI is InChI=1S/C15H29N5O/c1-16-15(17-9-14-11-19(2)7-8-21-14)18-12-5-6-20(10-12)13-3-4-13/h12-14H,3-11H2,1-2H3,(H2,16,17,18). The molecule has 0 aromatic carbocycles. The molecule has 3 rings (SSSR count). The van der Waals surface area contributed by atoms with Crippen LogP contribution in [0.3, 0.4) is 0 Å². The molecule has 1 saturated carbocycles. The van der Waals surface area contributed by atoms with Crippen LogP contribution in [0.5, 0.6) is 0 Å². The summed E-state index contributed by atoms with van der Waals surface area (Å²) in [7, 11) is 3.99. The average Bonchev–Trinajstić information content (AvgIpc) is 3.23. The van der Waals surface area contributed by atoms with Gasteiger partial charge in [-0.25, -0.2) is 0 Å². The molecule has 0 radical (unpaired) electrons. The monoisotopic (exact) mass is 295 g/mol. The number of aliphatic imine (C=N–C) groups is 1. The Hall–Kier alpha value is -0.850. The van der Waals surface area contributed by atoms with Crippen LogP contribution < -0.4 is 10.6 Å². The van der Waals surface area contributed by atoms with E-state index in [-0.39, 0.29) is 6.10 Å². The van der Waals surface area contributed by atoms with Crippen molar-refractivity contribution in [3.63, 3.8) is 0 Å². The average molecular weight is 295 g/mol. The van der Waals surface area contributed by atoms with Crippen molar-refractivity contribution in [3.05, 3.63) is 0 Å². The van der Waals surface area contributed by atoms with Crippen molar-refractivity contribution in [1.29, 1.82) is 0 Å². The lowest BCUT2D eigenvalue weighted by atomic mass is 10.2. The van der Waals surface area contributed by atoms with E-state index in [1.807, 2.05) is 7.05 Å². The number of guanidine groups is 1. The third-order valence-electron chi connectivity index (χ3n) is 4.69. The molecule has 120 valence electrons. The van der Waals surface area contributed by atoms with Crippen LogP contribution in [-0.2, 0) is 4.74 Å². The molecule has 0 spiro atoms. The van der Waals surface area contributed by atoms with Crippen molar-refractivity contribution in [2.24, 2.45) is 4.99 Å². The van der Waals surface area contributed by atoms with Crippen LogP contribution in [0.2, 0.25) is 0 Å². The minimum absolute atomic E-state index is 0.258. The maximum atomic E-state index is 5.77. The summed E-state index contributed by atoms with van der Waals surface area (Å²) in [5.41, 5.74) is 0. The molecule has 2 unspecified atom stereocenters. The highest BCUT2D eigenvalue weighted by Gasteiger charge is 2.34. The van der Waals surface area contributed by atoms with Gasteiger partial charge in [0.15, 0.2) is 5.96 Å². The van der Waals surface area contributed by atoms with Gasteiger partial charge >= 0.3 is 0 Å². The highest BCUT2D eigenvalue weighted by molar-refractivity contribution is 5.80. The van der Waals surface area contributed by atoms with Crippen molar-refractivity contribution in [3.8, 4) is 0 Å². The van der Waals surface area contributed by atoms with Crippen LogP contribution in [-0.4, -0.2) is 87.4 Å². The fourth-order valence-corrected chi connectivity index (χ4v) is 3.27. The number of rotatable bonds is 4. The van der Waals surface area contributed by atoms with Crippen LogP contribution >= 0.6 is 0 Å². The lowest BCUT2D eigenvalue weighted by Gasteiger charge is -2.30. The minimum atomic E-state index is 0.258. The van der Waals surface area contributed by atoms with E-state index in [0.717, 1.165) is 44.8 Å². The predicted octanol–water partition coefficient (Wildman–Crippen LogP) is -0.281. The van der Waals surface area contributed by atoms with Gasteiger partial charge in [0, 0.05) is 51.9 Å². The minimum Gasteiger partial charge on any atom is -0.374 e. The molecule has 2 heterocycles. The molecular formula is C15H29N5O. The number of hydrogen-bond donors (Lipinski definition) is 2. The number of nitrogens with zero attached hydrogens (tertiary/aromatic N) is 3. The summed E-state index contributed by atoms with van der Waals surface area (Å²) in [6.45, 7) is 6.06. The summed E-state index contributed by atoms with van der Waals surface area (Å²) in [5.74, 6) is 0.912. The van der Waals surface area contributed by atoms with Gasteiger partial charge in [-0.15, -0.1) is 0 Å². The molecule has 0 bridgehead atoms. The molecule has 3 fully saturated rings. The first-order valence-electron chi connectivity index (χ1n) is 8.26. The second kappa shape index (κ2) is 6.94. The van der Waals surface area contributed by atoms with Gasteiger partial charge in [-0.1, -0.05) is 0 Å². The van der Waals surface area contributed by atoms with Gasteiger partial charge in [0.05, 0.1) is 12.7 Å². The number of nitrogens with one attached hydrogen (secondary N) is 2. The quantitative estimate of drug-likeness (QED) is 0.552. The van der Waals surface area contributed by atoms with Crippen molar-refractivity contribution >= 4 is 5.96 Å². The van der Waals surface area contributed by atoms with Crippen LogP contribution in [0.25, 0.3) is 0 Å². The Labute approximate surface area is 127 Å². The third kappa shape index (κ3) is 4.31. The summed E-state index contributed by atoms with van der Waals surface area (Å²) in [5, 5.41) is 6.97. The number of hydrogen-bond acceptors (Lipinski definition) is 4. The second-order valence-electron chi connectivity index (χ2n) is 6.56.